The van der Waals surface area contributed by atoms with Crippen LogP contribution >= 0.6 is 0 Å². The van der Waals surface area contributed by atoms with Gasteiger partial charge >= 0.3 is 0 Å². The second kappa shape index (κ2) is 10.2. The fraction of sp³-hybridized carbons (Fsp3) is 0.471. The summed E-state index contributed by atoms with van der Waals surface area (Å²) in [6.07, 6.45) is 10.9. The van der Waals surface area contributed by atoms with E-state index in [0.717, 1.165) is 24.3 Å². The van der Waals surface area contributed by atoms with Crippen molar-refractivity contribution in [3.05, 3.63) is 35.9 Å². The molecule has 0 spiro atoms. The summed E-state index contributed by atoms with van der Waals surface area (Å²) in [4.78, 5) is 0. The highest BCUT2D eigenvalue weighted by atomic mass is 16.5. The van der Waals surface area contributed by atoms with E-state index in [2.05, 4.69) is 6.92 Å². The van der Waals surface area contributed by atoms with Gasteiger partial charge in [-0.3, -0.25) is 0 Å². The summed E-state index contributed by atoms with van der Waals surface area (Å²) in [7, 11) is 0. The molecule has 0 saturated heterocycles. The summed E-state index contributed by atoms with van der Waals surface area (Å²) in [5.74, 6) is 0.905. The Kier molecular flexibility index (Phi) is 8.22. The largest absolute Gasteiger partial charge is 0.494 e. The van der Waals surface area contributed by atoms with Crippen molar-refractivity contribution in [2.45, 2.75) is 45.4 Å². The molecule has 0 radical (unpaired) electrons. The smallest absolute Gasteiger partial charge is 0.119 e. The highest BCUT2D eigenvalue weighted by Crippen LogP contribution is 2.14. The van der Waals surface area contributed by atoms with Gasteiger partial charge in [0.1, 0.15) is 5.75 Å². The summed E-state index contributed by atoms with van der Waals surface area (Å²) in [6, 6.07) is 9.81. The molecule has 0 aliphatic carbocycles. The summed E-state index contributed by atoms with van der Waals surface area (Å²) in [5.41, 5.74) is 1.02. The van der Waals surface area contributed by atoms with Crippen LogP contribution in [-0.4, -0.2) is 6.61 Å². The maximum Gasteiger partial charge on any atom is 0.119 e. The maximum atomic E-state index is 8.44. The molecule has 0 unspecified atom stereocenters. The second-order valence-electron chi connectivity index (χ2n) is 4.65. The molecule has 2 nitrogen and oxygen atoms in total. The molecule has 0 aliphatic rings. The quantitative estimate of drug-likeness (QED) is 0.462. The van der Waals surface area contributed by atoms with Crippen LogP contribution in [0.15, 0.2) is 30.3 Å². The molecule has 0 saturated carbocycles. The van der Waals surface area contributed by atoms with Crippen molar-refractivity contribution in [1.29, 1.82) is 5.26 Å². The normalized spacial score (nSPS) is 10.5. The van der Waals surface area contributed by atoms with Crippen molar-refractivity contribution >= 4 is 6.08 Å². The van der Waals surface area contributed by atoms with Gasteiger partial charge in [0.05, 0.1) is 12.7 Å². The Morgan fingerprint density at radius 2 is 1.74 bits per heavy atom. The maximum absolute atomic E-state index is 8.44. The summed E-state index contributed by atoms with van der Waals surface area (Å²) in [5, 5.41) is 8.44. The molecule has 1 rings (SSSR count). The van der Waals surface area contributed by atoms with E-state index >= 15 is 0 Å². The van der Waals surface area contributed by atoms with E-state index in [-0.39, 0.29) is 0 Å². The summed E-state index contributed by atoms with van der Waals surface area (Å²) in [6.45, 7) is 3.03. The lowest BCUT2D eigenvalue weighted by Gasteiger charge is -2.06. The van der Waals surface area contributed by atoms with Crippen LogP contribution in [0.25, 0.3) is 6.08 Å². The van der Waals surface area contributed by atoms with Gasteiger partial charge in [0.2, 0.25) is 0 Å². The van der Waals surface area contributed by atoms with E-state index in [1.807, 2.05) is 30.3 Å². The second-order valence-corrected chi connectivity index (χ2v) is 4.65. The predicted octanol–water partition coefficient (Wildman–Crippen LogP) is 4.96. The van der Waals surface area contributed by atoms with Gasteiger partial charge in [-0.1, -0.05) is 51.2 Å². The molecule has 0 heterocycles. The first-order chi connectivity index (χ1) is 9.36. The first-order valence-corrected chi connectivity index (χ1v) is 7.16. The van der Waals surface area contributed by atoms with Crippen LogP contribution in [0.1, 0.15) is 51.0 Å². The van der Waals surface area contributed by atoms with E-state index in [1.54, 1.807) is 6.08 Å². The fourth-order valence-electron chi connectivity index (χ4n) is 1.88. The first kappa shape index (κ1) is 15.3. The highest BCUT2D eigenvalue weighted by molar-refractivity contribution is 5.52. The van der Waals surface area contributed by atoms with Crippen LogP contribution in [0.2, 0.25) is 0 Å². The third-order valence-corrected chi connectivity index (χ3v) is 3.00. The van der Waals surface area contributed by atoms with Crippen molar-refractivity contribution in [2.24, 2.45) is 0 Å². The highest BCUT2D eigenvalue weighted by Gasteiger charge is 1.94. The number of ether oxygens (including phenoxy) is 1. The van der Waals surface area contributed by atoms with Gasteiger partial charge in [-0.15, -0.1) is 0 Å². The zero-order valence-corrected chi connectivity index (χ0v) is 11.8. The number of rotatable bonds is 9. The third-order valence-electron chi connectivity index (χ3n) is 3.00. The summed E-state index contributed by atoms with van der Waals surface area (Å²) < 4.78 is 5.68. The molecule has 0 aromatic heterocycles. The van der Waals surface area contributed by atoms with Crippen molar-refractivity contribution in [1.82, 2.24) is 0 Å². The fourth-order valence-corrected chi connectivity index (χ4v) is 1.88. The van der Waals surface area contributed by atoms with Crippen LogP contribution in [-0.2, 0) is 0 Å². The van der Waals surface area contributed by atoms with Gasteiger partial charge in [-0.2, -0.15) is 5.26 Å². The lowest BCUT2D eigenvalue weighted by molar-refractivity contribution is 0.304. The molecule has 0 N–H and O–H groups in total. The van der Waals surface area contributed by atoms with Gasteiger partial charge < -0.3 is 4.74 Å². The van der Waals surface area contributed by atoms with Gasteiger partial charge in [0.25, 0.3) is 0 Å². The molecule has 1 aromatic carbocycles. The van der Waals surface area contributed by atoms with Crippen LogP contribution in [0.3, 0.4) is 0 Å². The SMILES string of the molecule is CCCCCCCCOc1ccc(C=CC#N)cc1. The van der Waals surface area contributed by atoms with Crippen molar-refractivity contribution in [2.75, 3.05) is 6.61 Å². The molecule has 0 bridgehead atoms. The van der Waals surface area contributed by atoms with E-state index in [9.17, 15) is 0 Å². The number of benzene rings is 1. The number of allylic oxidation sites excluding steroid dienone is 1. The zero-order chi connectivity index (χ0) is 13.8. The molecule has 0 atom stereocenters. The van der Waals surface area contributed by atoms with Crippen molar-refractivity contribution in [3.8, 4) is 11.8 Å². The number of hydrogen-bond acceptors (Lipinski definition) is 2. The molecule has 19 heavy (non-hydrogen) atoms. The minimum Gasteiger partial charge on any atom is -0.494 e. The molecular weight excluding hydrogens is 234 g/mol. The molecule has 2 heteroatoms. The van der Waals surface area contributed by atoms with E-state index in [0.29, 0.717) is 0 Å². The molecule has 0 fully saturated rings. The van der Waals surface area contributed by atoms with Crippen LogP contribution in [0.4, 0.5) is 0 Å². The zero-order valence-electron chi connectivity index (χ0n) is 11.8. The number of hydrogen-bond donors (Lipinski definition) is 0. The molecular formula is C17H23NO. The number of nitrogens with zero attached hydrogens (tertiary/aromatic N) is 1. The van der Waals surface area contributed by atoms with Crippen molar-refractivity contribution < 1.29 is 4.74 Å². The topological polar surface area (TPSA) is 33.0 Å². The lowest BCUT2D eigenvalue weighted by Crippen LogP contribution is -1.97. The monoisotopic (exact) mass is 257 g/mol. The predicted molar refractivity (Wildman–Crippen MR) is 80.0 cm³/mol. The van der Waals surface area contributed by atoms with Crippen LogP contribution in [0, 0.1) is 11.3 Å². The van der Waals surface area contributed by atoms with Crippen molar-refractivity contribution in [3.63, 3.8) is 0 Å². The minimum atomic E-state index is 0.791. The molecule has 102 valence electrons. The standard InChI is InChI=1S/C17H23NO/c1-2-3-4-5-6-7-15-19-17-12-10-16(11-13-17)9-8-14-18/h8-13H,2-7,15H2,1H3. The number of nitriles is 1. The average Bonchev–Trinajstić information content (AvgIpc) is 2.45. The van der Waals surface area contributed by atoms with Gasteiger partial charge in [0, 0.05) is 6.08 Å². The van der Waals surface area contributed by atoms with E-state index < -0.39 is 0 Å². The van der Waals surface area contributed by atoms with Crippen LogP contribution in [0.5, 0.6) is 5.75 Å². The first-order valence-electron chi connectivity index (χ1n) is 7.16. The lowest BCUT2D eigenvalue weighted by atomic mass is 10.1. The van der Waals surface area contributed by atoms with Gasteiger partial charge in [-0.25, -0.2) is 0 Å². The Morgan fingerprint density at radius 3 is 2.42 bits per heavy atom. The minimum absolute atomic E-state index is 0.791. The average molecular weight is 257 g/mol. The third kappa shape index (κ3) is 7.31. The summed E-state index contributed by atoms with van der Waals surface area (Å²) >= 11 is 0. The van der Waals surface area contributed by atoms with Crippen LogP contribution < -0.4 is 4.74 Å². The molecule has 1 aromatic rings. The Hall–Kier alpha value is -1.75. The van der Waals surface area contributed by atoms with E-state index in [4.69, 9.17) is 10.00 Å². The number of unbranched alkanes of at least 4 members (excludes halogenated alkanes) is 5. The van der Waals surface area contributed by atoms with Gasteiger partial charge in [0.15, 0.2) is 0 Å². The van der Waals surface area contributed by atoms with E-state index in [1.165, 1.54) is 38.2 Å². The Labute approximate surface area is 116 Å². The Balaban J connectivity index is 2.16. The Morgan fingerprint density at radius 1 is 1.05 bits per heavy atom. The Bertz CT molecular complexity index is 400. The van der Waals surface area contributed by atoms with Gasteiger partial charge in [-0.05, 0) is 30.2 Å². The molecule has 0 aliphatic heterocycles. The molecule has 0 amide bonds.